The minimum absolute atomic E-state index is 0.0345. The molecule has 0 aliphatic heterocycles. The highest BCUT2D eigenvalue weighted by atomic mass is 32.2. The quantitative estimate of drug-likeness (QED) is 0.919. The first-order valence-corrected chi connectivity index (χ1v) is 7.87. The second-order valence-corrected chi connectivity index (χ2v) is 5.86. The molecule has 110 valence electrons. The smallest absolute Gasteiger partial charge is 0.268 e. The number of hydrogen-bond donors (Lipinski definition) is 1. The van der Waals surface area contributed by atoms with Gasteiger partial charge in [-0.05, 0) is 31.2 Å². The van der Waals surface area contributed by atoms with E-state index in [-0.39, 0.29) is 10.5 Å². The Balaban J connectivity index is 2.26. The summed E-state index contributed by atoms with van der Waals surface area (Å²) in [5.41, 5.74) is 0.179. The summed E-state index contributed by atoms with van der Waals surface area (Å²) in [6.07, 6.45) is 0. The van der Waals surface area contributed by atoms with Crippen LogP contribution in [0.15, 0.2) is 59.5 Å². The highest BCUT2D eigenvalue weighted by Crippen LogP contribution is 2.18. The van der Waals surface area contributed by atoms with Crippen molar-refractivity contribution in [1.29, 1.82) is 0 Å². The number of ether oxygens (including phenoxy) is 1. The molecule has 0 saturated carbocycles. The summed E-state index contributed by atoms with van der Waals surface area (Å²) in [6.45, 7) is 2.17. The Morgan fingerprint density at radius 2 is 1.67 bits per heavy atom. The molecule has 0 aromatic heterocycles. The van der Waals surface area contributed by atoms with Crippen LogP contribution in [0, 0.1) is 0 Å². The largest absolute Gasteiger partial charge is 0.493 e. The van der Waals surface area contributed by atoms with Crippen LogP contribution in [0.5, 0.6) is 5.75 Å². The Bertz CT molecular complexity index is 726. The lowest BCUT2D eigenvalue weighted by Gasteiger charge is -2.10. The Labute approximate surface area is 123 Å². The van der Waals surface area contributed by atoms with E-state index < -0.39 is 15.9 Å². The summed E-state index contributed by atoms with van der Waals surface area (Å²) in [5.74, 6) is -0.372. The molecule has 5 nitrogen and oxygen atoms in total. The molecule has 0 unspecified atom stereocenters. The lowest BCUT2D eigenvalue weighted by Crippen LogP contribution is -2.30. The predicted molar refractivity (Wildman–Crippen MR) is 78.7 cm³/mol. The Kier molecular flexibility index (Phi) is 4.59. The van der Waals surface area contributed by atoms with Gasteiger partial charge in [0.1, 0.15) is 5.75 Å². The van der Waals surface area contributed by atoms with Crippen LogP contribution in [-0.2, 0) is 10.0 Å². The van der Waals surface area contributed by atoms with Gasteiger partial charge in [0.2, 0.25) is 0 Å². The lowest BCUT2D eigenvalue weighted by atomic mass is 10.2. The SMILES string of the molecule is CCOc1ccccc1C(=O)NS(=O)(=O)c1ccccc1. The van der Waals surface area contributed by atoms with Crippen molar-refractivity contribution in [1.82, 2.24) is 4.72 Å². The molecule has 0 saturated heterocycles. The van der Waals surface area contributed by atoms with Gasteiger partial charge in [-0.3, -0.25) is 4.79 Å². The molecule has 2 aromatic rings. The van der Waals surface area contributed by atoms with E-state index in [1.54, 1.807) is 43.3 Å². The predicted octanol–water partition coefficient (Wildman–Crippen LogP) is 2.20. The van der Waals surface area contributed by atoms with Crippen molar-refractivity contribution in [3.05, 3.63) is 60.2 Å². The zero-order valence-corrected chi connectivity index (χ0v) is 12.3. The zero-order valence-electron chi connectivity index (χ0n) is 11.4. The van der Waals surface area contributed by atoms with Crippen LogP contribution in [0.4, 0.5) is 0 Å². The molecule has 6 heteroatoms. The van der Waals surface area contributed by atoms with Crippen molar-refractivity contribution in [3.8, 4) is 5.75 Å². The molecule has 2 rings (SSSR count). The summed E-state index contributed by atoms with van der Waals surface area (Å²) >= 11 is 0. The molecule has 21 heavy (non-hydrogen) atoms. The third-order valence-electron chi connectivity index (χ3n) is 2.71. The Morgan fingerprint density at radius 3 is 2.33 bits per heavy atom. The maximum Gasteiger partial charge on any atom is 0.268 e. The topological polar surface area (TPSA) is 72.5 Å². The summed E-state index contributed by atoms with van der Waals surface area (Å²) in [6, 6.07) is 14.2. The molecule has 0 radical (unpaired) electrons. The number of carbonyl (C=O) groups excluding carboxylic acids is 1. The Hall–Kier alpha value is -2.34. The molecule has 0 aliphatic carbocycles. The normalized spacial score (nSPS) is 10.9. The second-order valence-electron chi connectivity index (χ2n) is 4.18. The van der Waals surface area contributed by atoms with Gasteiger partial charge in [0.15, 0.2) is 0 Å². The maximum atomic E-state index is 12.2. The first kappa shape index (κ1) is 15.1. The van der Waals surface area contributed by atoms with E-state index in [4.69, 9.17) is 4.74 Å². The number of benzene rings is 2. The van der Waals surface area contributed by atoms with Crippen molar-refractivity contribution >= 4 is 15.9 Å². The first-order valence-electron chi connectivity index (χ1n) is 6.38. The average Bonchev–Trinajstić information content (AvgIpc) is 2.48. The van der Waals surface area contributed by atoms with Crippen LogP contribution in [0.2, 0.25) is 0 Å². The van der Waals surface area contributed by atoms with Crippen LogP contribution in [0.3, 0.4) is 0 Å². The average molecular weight is 305 g/mol. The molecular weight excluding hydrogens is 290 g/mol. The number of sulfonamides is 1. The third kappa shape index (κ3) is 3.61. The fourth-order valence-corrected chi connectivity index (χ4v) is 2.76. The number of hydrogen-bond acceptors (Lipinski definition) is 4. The van der Waals surface area contributed by atoms with Crippen molar-refractivity contribution in [3.63, 3.8) is 0 Å². The zero-order chi connectivity index (χ0) is 15.3. The van der Waals surface area contributed by atoms with Gasteiger partial charge in [0.05, 0.1) is 17.1 Å². The number of carbonyl (C=O) groups is 1. The van der Waals surface area contributed by atoms with E-state index in [2.05, 4.69) is 0 Å². The van der Waals surface area contributed by atoms with Gasteiger partial charge in [0.25, 0.3) is 15.9 Å². The van der Waals surface area contributed by atoms with Gasteiger partial charge in [-0.15, -0.1) is 0 Å². The van der Waals surface area contributed by atoms with Crippen LogP contribution in [0.1, 0.15) is 17.3 Å². The molecule has 0 spiro atoms. The molecule has 0 fully saturated rings. The summed E-state index contributed by atoms with van der Waals surface area (Å²) in [7, 11) is -3.89. The van der Waals surface area contributed by atoms with E-state index in [0.29, 0.717) is 12.4 Å². The standard InChI is InChI=1S/C15H15NO4S/c1-2-20-14-11-7-6-10-13(14)15(17)16-21(18,19)12-8-4-3-5-9-12/h3-11H,2H2,1H3,(H,16,17). The van der Waals surface area contributed by atoms with Crippen LogP contribution in [-0.4, -0.2) is 20.9 Å². The number of rotatable bonds is 5. The van der Waals surface area contributed by atoms with E-state index in [9.17, 15) is 13.2 Å². The van der Waals surface area contributed by atoms with Crippen molar-refractivity contribution in [2.24, 2.45) is 0 Å². The van der Waals surface area contributed by atoms with E-state index >= 15 is 0 Å². The molecular formula is C15H15NO4S. The molecule has 0 heterocycles. The summed E-state index contributed by atoms with van der Waals surface area (Å²) in [5, 5.41) is 0. The van der Waals surface area contributed by atoms with Gasteiger partial charge in [-0.25, -0.2) is 13.1 Å². The van der Waals surface area contributed by atoms with Gasteiger partial charge >= 0.3 is 0 Å². The molecule has 0 atom stereocenters. The highest BCUT2D eigenvalue weighted by Gasteiger charge is 2.20. The highest BCUT2D eigenvalue weighted by molar-refractivity contribution is 7.90. The van der Waals surface area contributed by atoms with E-state index in [0.717, 1.165) is 0 Å². The van der Waals surface area contributed by atoms with Gasteiger partial charge in [0, 0.05) is 0 Å². The number of amides is 1. The lowest BCUT2D eigenvalue weighted by molar-refractivity contribution is 0.0977. The second kappa shape index (κ2) is 6.41. The van der Waals surface area contributed by atoms with Crippen LogP contribution >= 0.6 is 0 Å². The van der Waals surface area contributed by atoms with Crippen molar-refractivity contribution in [2.45, 2.75) is 11.8 Å². The van der Waals surface area contributed by atoms with E-state index in [1.807, 2.05) is 4.72 Å². The Morgan fingerprint density at radius 1 is 1.05 bits per heavy atom. The monoisotopic (exact) mass is 305 g/mol. The molecule has 1 amide bonds. The van der Waals surface area contributed by atoms with Crippen molar-refractivity contribution in [2.75, 3.05) is 6.61 Å². The van der Waals surface area contributed by atoms with Crippen molar-refractivity contribution < 1.29 is 17.9 Å². The van der Waals surface area contributed by atoms with Crippen LogP contribution in [0.25, 0.3) is 0 Å². The number of nitrogens with one attached hydrogen (secondary N) is 1. The first-order chi connectivity index (χ1) is 10.0. The fourth-order valence-electron chi connectivity index (χ4n) is 1.77. The molecule has 2 aromatic carbocycles. The van der Waals surface area contributed by atoms with E-state index in [1.165, 1.54) is 18.2 Å². The van der Waals surface area contributed by atoms with Crippen LogP contribution < -0.4 is 9.46 Å². The maximum absolute atomic E-state index is 12.2. The minimum Gasteiger partial charge on any atom is -0.493 e. The molecule has 1 N–H and O–H groups in total. The van der Waals surface area contributed by atoms with Gasteiger partial charge in [-0.2, -0.15) is 0 Å². The summed E-state index contributed by atoms with van der Waals surface area (Å²) in [4.78, 5) is 12.2. The number of para-hydroxylation sites is 1. The minimum atomic E-state index is -3.89. The fraction of sp³-hybridized carbons (Fsp3) is 0.133. The molecule has 0 aliphatic rings. The summed E-state index contributed by atoms with van der Waals surface area (Å²) < 4.78 is 31.6. The molecule has 0 bridgehead atoms. The third-order valence-corrected chi connectivity index (χ3v) is 4.06. The van der Waals surface area contributed by atoms with Gasteiger partial charge < -0.3 is 4.74 Å². The van der Waals surface area contributed by atoms with Gasteiger partial charge in [-0.1, -0.05) is 30.3 Å².